The van der Waals surface area contributed by atoms with Crippen molar-refractivity contribution < 1.29 is 4.79 Å². The number of fused-ring (bicyclic) bond motifs is 1. The molecule has 5 heteroatoms. The van der Waals surface area contributed by atoms with Gasteiger partial charge < -0.3 is 10.3 Å². The fourth-order valence-electron chi connectivity index (χ4n) is 3.48. The Morgan fingerprint density at radius 1 is 1.55 bits per heavy atom. The van der Waals surface area contributed by atoms with Gasteiger partial charge in [0.15, 0.2) is 0 Å². The van der Waals surface area contributed by atoms with E-state index in [1.807, 2.05) is 0 Å². The second-order valence-corrected chi connectivity index (χ2v) is 5.96. The number of nitrogens with zero attached hydrogens (tertiary/aromatic N) is 2. The first-order valence-electron chi connectivity index (χ1n) is 7.83. The van der Waals surface area contributed by atoms with Crippen molar-refractivity contribution in [3.05, 3.63) is 17.7 Å². The lowest BCUT2D eigenvalue weighted by atomic mass is 10.1. The third-order valence-corrected chi connectivity index (χ3v) is 4.64. The maximum absolute atomic E-state index is 12.5. The zero-order chi connectivity index (χ0) is 13.9. The van der Waals surface area contributed by atoms with E-state index in [1.54, 1.807) is 6.33 Å². The molecule has 1 saturated carbocycles. The highest BCUT2D eigenvalue weighted by atomic mass is 16.2. The van der Waals surface area contributed by atoms with Crippen LogP contribution in [0.3, 0.4) is 0 Å². The van der Waals surface area contributed by atoms with Gasteiger partial charge in [-0.2, -0.15) is 0 Å². The van der Waals surface area contributed by atoms with Crippen LogP contribution in [0.2, 0.25) is 0 Å². The quantitative estimate of drug-likeness (QED) is 0.878. The lowest BCUT2D eigenvalue weighted by Crippen LogP contribution is -2.50. The van der Waals surface area contributed by atoms with Crippen molar-refractivity contribution in [2.24, 2.45) is 0 Å². The topological polar surface area (TPSA) is 61.0 Å². The zero-order valence-corrected chi connectivity index (χ0v) is 12.2. The molecule has 1 unspecified atom stereocenters. The molecule has 0 saturated heterocycles. The SMILES string of the molecule is CCC(C(=O)NC1CCCC1)N1CCc2nc[nH]c2C1. The van der Waals surface area contributed by atoms with E-state index in [4.69, 9.17) is 0 Å². The number of carbonyl (C=O) groups excluding carboxylic acids is 1. The lowest BCUT2D eigenvalue weighted by Gasteiger charge is -2.33. The average molecular weight is 276 g/mol. The minimum atomic E-state index is -0.00736. The van der Waals surface area contributed by atoms with Gasteiger partial charge in [-0.25, -0.2) is 4.98 Å². The predicted octanol–water partition coefficient (Wildman–Crippen LogP) is 1.61. The van der Waals surface area contributed by atoms with Crippen LogP contribution >= 0.6 is 0 Å². The van der Waals surface area contributed by atoms with Crippen LogP contribution in [0.1, 0.15) is 50.4 Å². The van der Waals surface area contributed by atoms with Crippen molar-refractivity contribution in [3.63, 3.8) is 0 Å². The largest absolute Gasteiger partial charge is 0.352 e. The van der Waals surface area contributed by atoms with E-state index in [0.717, 1.165) is 44.5 Å². The summed E-state index contributed by atoms with van der Waals surface area (Å²) >= 11 is 0. The Balaban J connectivity index is 1.62. The maximum Gasteiger partial charge on any atom is 0.237 e. The van der Waals surface area contributed by atoms with E-state index in [0.29, 0.717) is 6.04 Å². The highest BCUT2D eigenvalue weighted by Crippen LogP contribution is 2.21. The average Bonchev–Trinajstić information content (AvgIpc) is 3.09. The Hall–Kier alpha value is -1.36. The van der Waals surface area contributed by atoms with Crippen molar-refractivity contribution in [2.45, 2.75) is 64.1 Å². The number of nitrogens with one attached hydrogen (secondary N) is 2. The molecule has 2 heterocycles. The molecule has 0 radical (unpaired) electrons. The standard InChI is InChI=1S/C15H24N4O/c1-2-14(15(20)18-11-5-3-4-6-11)19-8-7-12-13(9-19)17-10-16-12/h10-11,14H,2-9H2,1H3,(H,16,17)(H,18,20). The van der Waals surface area contributed by atoms with Crippen LogP contribution in [-0.4, -0.2) is 39.4 Å². The number of hydrogen-bond acceptors (Lipinski definition) is 3. The van der Waals surface area contributed by atoms with Gasteiger partial charge in [0.25, 0.3) is 0 Å². The molecule has 5 nitrogen and oxygen atoms in total. The van der Waals surface area contributed by atoms with E-state index in [2.05, 4.69) is 27.1 Å². The zero-order valence-electron chi connectivity index (χ0n) is 12.2. The number of aromatic amines is 1. The Morgan fingerprint density at radius 2 is 2.35 bits per heavy atom. The Morgan fingerprint density at radius 3 is 3.10 bits per heavy atom. The molecule has 1 aliphatic carbocycles. The first-order chi connectivity index (χ1) is 9.78. The summed E-state index contributed by atoms with van der Waals surface area (Å²) in [4.78, 5) is 22.3. The van der Waals surface area contributed by atoms with E-state index in [1.165, 1.54) is 18.5 Å². The molecule has 1 aromatic rings. The number of H-pyrrole nitrogens is 1. The second-order valence-electron chi connectivity index (χ2n) is 5.96. The minimum Gasteiger partial charge on any atom is -0.352 e. The lowest BCUT2D eigenvalue weighted by molar-refractivity contribution is -0.127. The first kappa shape index (κ1) is 13.6. The molecule has 20 heavy (non-hydrogen) atoms. The number of amides is 1. The third kappa shape index (κ3) is 2.73. The molecule has 1 amide bonds. The van der Waals surface area contributed by atoms with E-state index in [-0.39, 0.29) is 11.9 Å². The Bertz CT molecular complexity index is 464. The third-order valence-electron chi connectivity index (χ3n) is 4.64. The van der Waals surface area contributed by atoms with Crippen LogP contribution in [0.4, 0.5) is 0 Å². The molecule has 110 valence electrons. The smallest absolute Gasteiger partial charge is 0.237 e. The molecule has 0 spiro atoms. The molecule has 0 aromatic carbocycles. The number of aromatic nitrogens is 2. The predicted molar refractivity (Wildman–Crippen MR) is 77.2 cm³/mol. The number of rotatable bonds is 4. The number of hydrogen-bond donors (Lipinski definition) is 2. The maximum atomic E-state index is 12.5. The van der Waals surface area contributed by atoms with Gasteiger partial charge in [-0.3, -0.25) is 9.69 Å². The number of carbonyl (C=O) groups is 1. The van der Waals surface area contributed by atoms with Crippen LogP contribution in [0.25, 0.3) is 0 Å². The van der Waals surface area contributed by atoms with Gasteiger partial charge in [-0.05, 0) is 19.3 Å². The fourth-order valence-corrected chi connectivity index (χ4v) is 3.48. The van der Waals surface area contributed by atoms with Crippen molar-refractivity contribution in [3.8, 4) is 0 Å². The molecular weight excluding hydrogens is 252 g/mol. The molecule has 1 atom stereocenters. The van der Waals surface area contributed by atoms with Gasteiger partial charge in [0.1, 0.15) is 0 Å². The van der Waals surface area contributed by atoms with Crippen molar-refractivity contribution in [2.75, 3.05) is 6.54 Å². The summed E-state index contributed by atoms with van der Waals surface area (Å²) in [7, 11) is 0. The van der Waals surface area contributed by atoms with Gasteiger partial charge >= 0.3 is 0 Å². The number of imidazole rings is 1. The highest BCUT2D eigenvalue weighted by Gasteiger charge is 2.30. The van der Waals surface area contributed by atoms with E-state index in [9.17, 15) is 4.79 Å². The molecule has 0 bridgehead atoms. The summed E-state index contributed by atoms with van der Waals surface area (Å²) in [5.41, 5.74) is 2.33. The molecule has 1 aliphatic heterocycles. The van der Waals surface area contributed by atoms with Crippen molar-refractivity contribution in [1.82, 2.24) is 20.2 Å². The molecule has 1 fully saturated rings. The highest BCUT2D eigenvalue weighted by molar-refractivity contribution is 5.82. The van der Waals surface area contributed by atoms with Crippen LogP contribution in [0.5, 0.6) is 0 Å². The first-order valence-corrected chi connectivity index (χ1v) is 7.83. The van der Waals surface area contributed by atoms with E-state index >= 15 is 0 Å². The summed E-state index contributed by atoms with van der Waals surface area (Å²) < 4.78 is 0. The molecule has 3 rings (SSSR count). The summed E-state index contributed by atoms with van der Waals surface area (Å²) in [6.45, 7) is 3.84. The Labute approximate surface area is 120 Å². The van der Waals surface area contributed by atoms with Gasteiger partial charge in [0.05, 0.1) is 23.8 Å². The molecule has 2 aliphatic rings. The normalized spacial score (nSPS) is 21.6. The molecular formula is C15H24N4O. The van der Waals surface area contributed by atoms with Crippen molar-refractivity contribution >= 4 is 5.91 Å². The van der Waals surface area contributed by atoms with Crippen molar-refractivity contribution in [1.29, 1.82) is 0 Å². The second kappa shape index (κ2) is 5.95. The minimum absolute atomic E-state index is 0.00736. The van der Waals surface area contributed by atoms with Crippen LogP contribution in [-0.2, 0) is 17.8 Å². The molecule has 2 N–H and O–H groups in total. The van der Waals surface area contributed by atoms with Gasteiger partial charge in [-0.1, -0.05) is 19.8 Å². The van der Waals surface area contributed by atoms with Gasteiger partial charge in [-0.15, -0.1) is 0 Å². The van der Waals surface area contributed by atoms with Crippen LogP contribution in [0, 0.1) is 0 Å². The van der Waals surface area contributed by atoms with Crippen LogP contribution < -0.4 is 5.32 Å². The monoisotopic (exact) mass is 276 g/mol. The Kier molecular flexibility index (Phi) is 4.05. The van der Waals surface area contributed by atoms with Crippen LogP contribution in [0.15, 0.2) is 6.33 Å². The van der Waals surface area contributed by atoms with E-state index < -0.39 is 0 Å². The van der Waals surface area contributed by atoms with Gasteiger partial charge in [0.2, 0.25) is 5.91 Å². The summed E-state index contributed by atoms with van der Waals surface area (Å²) in [5.74, 6) is 0.211. The summed E-state index contributed by atoms with van der Waals surface area (Å²) in [6.07, 6.45) is 8.35. The fraction of sp³-hybridized carbons (Fsp3) is 0.733. The molecule has 1 aromatic heterocycles. The van der Waals surface area contributed by atoms with Gasteiger partial charge in [0, 0.05) is 25.6 Å². The summed E-state index contributed by atoms with van der Waals surface area (Å²) in [6, 6.07) is 0.399. The summed E-state index contributed by atoms with van der Waals surface area (Å²) in [5, 5.41) is 3.24.